The summed E-state index contributed by atoms with van der Waals surface area (Å²) >= 11 is 23.9. The van der Waals surface area contributed by atoms with Crippen molar-refractivity contribution in [1.29, 1.82) is 0 Å². The lowest BCUT2D eigenvalue weighted by Crippen LogP contribution is -1.97. The lowest BCUT2D eigenvalue weighted by Gasteiger charge is -2.06. The van der Waals surface area contributed by atoms with E-state index >= 15 is 0 Å². The normalized spacial score (nSPS) is 15.7. The number of thioether (sulfide) groups is 12. The third-order valence-electron chi connectivity index (χ3n) is 15.4. The zero-order chi connectivity index (χ0) is 60.0. The number of rotatable bonds is 53. The average Bonchev–Trinajstić information content (AvgIpc) is 4.34. The van der Waals surface area contributed by atoms with E-state index in [2.05, 4.69) is 116 Å². The van der Waals surface area contributed by atoms with Crippen LogP contribution in [-0.4, -0.2) is 34.1 Å². The molecule has 0 aromatic heterocycles. The summed E-state index contributed by atoms with van der Waals surface area (Å²) in [6.45, 7) is 9.22. The molecule has 1 aromatic carbocycles. The van der Waals surface area contributed by atoms with Crippen LogP contribution >= 0.6 is 141 Å². The number of unbranched alkanes of at least 4 members (excludes halogenated alkanes) is 36. The molecule has 0 bridgehead atoms. The van der Waals surface area contributed by atoms with E-state index in [4.69, 9.17) is 0 Å². The van der Waals surface area contributed by atoms with Gasteiger partial charge in [0.25, 0.3) is 0 Å². The molecule has 0 saturated carbocycles. The zero-order valence-electron chi connectivity index (χ0n) is 53.1. The molecule has 1 N–H and O–H groups in total. The quantitative estimate of drug-likeness (QED) is 0.0629. The van der Waals surface area contributed by atoms with Gasteiger partial charge in [0.15, 0.2) is 0 Å². The Morgan fingerprint density at radius 3 is 0.824 bits per heavy atom. The molecule has 0 saturated heterocycles. The minimum absolute atomic E-state index is 0.322. The van der Waals surface area contributed by atoms with E-state index in [1.807, 2.05) is 106 Å². The van der Waals surface area contributed by atoms with Gasteiger partial charge in [-0.05, 0) is 101 Å². The molecule has 0 unspecified atom stereocenters. The van der Waals surface area contributed by atoms with Crippen molar-refractivity contribution in [1.82, 2.24) is 0 Å². The number of carbonyl (C=O) groups is 1. The van der Waals surface area contributed by atoms with Crippen LogP contribution in [0.2, 0.25) is 0 Å². The summed E-state index contributed by atoms with van der Waals surface area (Å²) in [7, 11) is 0. The van der Waals surface area contributed by atoms with Crippen LogP contribution in [0, 0.1) is 0 Å². The van der Waals surface area contributed by atoms with Crippen molar-refractivity contribution in [3.63, 3.8) is 0 Å². The van der Waals surface area contributed by atoms with Crippen LogP contribution in [0.3, 0.4) is 0 Å². The third-order valence-corrected chi connectivity index (χ3v) is 32.6. The summed E-state index contributed by atoms with van der Waals surface area (Å²) in [4.78, 5) is 14.9. The molecule has 1 aromatic rings. The topological polar surface area (TPSA) is 37.3 Å². The smallest absolute Gasteiger partial charge is 0.335 e. The van der Waals surface area contributed by atoms with Crippen molar-refractivity contribution < 1.29 is 9.90 Å². The Balaban J connectivity index is 1.12. The van der Waals surface area contributed by atoms with Gasteiger partial charge >= 0.3 is 5.97 Å². The molecule has 0 aliphatic carbocycles. The fraction of sp³-hybridized carbons (Fsp3) is 0.676. The number of hydrogen-bond acceptors (Lipinski definition) is 13. The summed E-state index contributed by atoms with van der Waals surface area (Å²) in [5, 5.41) is 14.8. The number of carboxylic acid groups (broad SMARTS) is 1. The second-order valence-corrected chi connectivity index (χ2v) is 37.7. The maximum atomic E-state index is 12.5. The van der Waals surface area contributed by atoms with Crippen molar-refractivity contribution in [2.24, 2.45) is 0 Å². The van der Waals surface area contributed by atoms with Gasteiger partial charge in [-0.1, -0.05) is 365 Å². The summed E-state index contributed by atoms with van der Waals surface area (Å²) in [6, 6.07) is 5.76. The highest BCUT2D eigenvalue weighted by Crippen LogP contribution is 2.64. The van der Waals surface area contributed by atoms with Gasteiger partial charge < -0.3 is 5.11 Å². The number of hydrogen-bond donors (Lipinski definition) is 1. The van der Waals surface area contributed by atoms with Crippen molar-refractivity contribution in [3.05, 3.63) is 102 Å². The van der Waals surface area contributed by atoms with Crippen LogP contribution in [-0.2, 0) is 0 Å². The van der Waals surface area contributed by atoms with Crippen LogP contribution in [0.5, 0.6) is 0 Å². The van der Waals surface area contributed by atoms with E-state index in [-0.39, 0.29) is 0 Å². The Morgan fingerprint density at radius 1 is 0.329 bits per heavy atom. The van der Waals surface area contributed by atoms with E-state index in [0.717, 1.165) is 11.1 Å². The molecule has 4 aliphatic rings. The van der Waals surface area contributed by atoms with E-state index in [0.29, 0.717) is 5.56 Å². The number of carboxylic acids is 1. The van der Waals surface area contributed by atoms with Crippen LogP contribution in [0.1, 0.15) is 306 Å². The summed E-state index contributed by atoms with van der Waals surface area (Å²) in [6.07, 6.45) is 63.9. The number of aromatic carboxylic acids is 1. The number of allylic oxidation sites excluding steroid dienone is 2. The first-order valence-electron chi connectivity index (χ1n) is 33.9. The first kappa shape index (κ1) is 76.5. The molecule has 85 heavy (non-hydrogen) atoms. The Bertz CT molecular complexity index is 2050. The Kier molecular flexibility index (Phi) is 46.1. The maximum Gasteiger partial charge on any atom is 0.335 e. The van der Waals surface area contributed by atoms with Gasteiger partial charge in [0.05, 0.1) is 39.5 Å². The number of benzene rings is 1. The molecule has 4 aliphatic heterocycles. The first-order valence-corrected chi connectivity index (χ1v) is 44.5. The molecule has 14 heteroatoms. The van der Waals surface area contributed by atoms with Gasteiger partial charge in [0.1, 0.15) is 0 Å². The Hall–Kier alpha value is 0.810. The standard InChI is InChI=1S/C71H110O2S12/c1-5-9-13-17-21-25-29-33-37-41-49-74-64-65(75-50-42-38-34-30-26-22-18-14-10-6-2)83-70(82-64)68-78-56-61(80-68)47-45-58-53-59(55-60(54-58)63(72)73)46-48-62-57-79-69(81-62)71-84-66(76-51-43-39-35-31-27-23-19-15-11-7-3)67(85-71)77-52-44-40-36-32-28-24-20-16-12-8-4/h45-48,53-57H,5-44,49-52H2,1-4H3,(H,72,73)/b47-45+,48-46+. The van der Waals surface area contributed by atoms with Crippen LogP contribution in [0.25, 0.3) is 12.2 Å². The molecule has 0 fully saturated rings. The maximum absolute atomic E-state index is 12.5. The fourth-order valence-electron chi connectivity index (χ4n) is 10.3. The summed E-state index contributed by atoms with van der Waals surface area (Å²) in [5.41, 5.74) is 2.15. The minimum atomic E-state index is -0.892. The molecule has 2 nitrogen and oxygen atoms in total. The second kappa shape index (κ2) is 51.3. The predicted molar refractivity (Wildman–Crippen MR) is 414 cm³/mol. The lowest BCUT2D eigenvalue weighted by molar-refractivity contribution is 0.0696. The van der Waals surface area contributed by atoms with E-state index < -0.39 is 5.97 Å². The van der Waals surface area contributed by atoms with Gasteiger partial charge in [-0.2, -0.15) is 0 Å². The zero-order valence-corrected chi connectivity index (χ0v) is 62.9. The predicted octanol–water partition coefficient (Wildman–Crippen LogP) is 30.1. The van der Waals surface area contributed by atoms with Gasteiger partial charge in [0.2, 0.25) is 0 Å². The van der Waals surface area contributed by atoms with Crippen LogP contribution in [0.15, 0.2) is 84.9 Å². The molecular formula is C71H110O2S12. The first-order chi connectivity index (χ1) is 41.9. The van der Waals surface area contributed by atoms with Gasteiger partial charge in [-0.25, -0.2) is 4.79 Å². The molecule has 0 spiro atoms. The summed E-state index contributed by atoms with van der Waals surface area (Å²) < 4.78 is 11.7. The van der Waals surface area contributed by atoms with Crippen molar-refractivity contribution in [2.45, 2.75) is 285 Å². The van der Waals surface area contributed by atoms with E-state index in [9.17, 15) is 9.90 Å². The Morgan fingerprint density at radius 2 is 0.576 bits per heavy atom. The van der Waals surface area contributed by atoms with Crippen molar-refractivity contribution >= 4 is 159 Å². The third kappa shape index (κ3) is 35.1. The molecular weight excluding hydrogens is 1270 g/mol. The largest absolute Gasteiger partial charge is 0.478 e. The van der Waals surface area contributed by atoms with Crippen molar-refractivity contribution in [3.8, 4) is 0 Å². The van der Waals surface area contributed by atoms with E-state index in [1.165, 1.54) is 324 Å². The highest BCUT2D eigenvalue weighted by molar-refractivity contribution is 8.43. The van der Waals surface area contributed by atoms with Crippen molar-refractivity contribution in [2.75, 3.05) is 23.0 Å². The Labute approximate surface area is 572 Å². The van der Waals surface area contributed by atoms with Crippen LogP contribution < -0.4 is 0 Å². The molecule has 478 valence electrons. The molecule has 0 atom stereocenters. The van der Waals surface area contributed by atoms with Gasteiger partial charge in [-0.3, -0.25) is 0 Å². The average molecular weight is 1380 g/mol. The SMILES string of the molecule is CCCCCCCCCCCCSC1=C(SCCCCCCCCCCCC)SC(=C2SC=C(/C=C/c3cc(/C=C/C4=CSC(=C5SC(SCCCCCCCCCCCC)=C(SCCCCCCCCCCCC)S5)S4)cc(C(=O)O)c3)S2)S1. The molecule has 4 heterocycles. The van der Waals surface area contributed by atoms with Gasteiger partial charge in [-0.15, -0.1) is 47.0 Å². The highest BCUT2D eigenvalue weighted by Gasteiger charge is 2.29. The van der Waals surface area contributed by atoms with Gasteiger partial charge in [0, 0.05) is 9.81 Å². The highest BCUT2D eigenvalue weighted by atomic mass is 32.3. The van der Waals surface area contributed by atoms with E-state index in [1.54, 1.807) is 0 Å². The monoisotopic (exact) mass is 1380 g/mol. The lowest BCUT2D eigenvalue weighted by atomic mass is 10.0. The summed E-state index contributed by atoms with van der Waals surface area (Å²) in [5.74, 6) is 3.97. The fourth-order valence-corrected chi connectivity index (χ4v) is 27.2. The molecule has 5 rings (SSSR count). The molecule has 0 amide bonds. The van der Waals surface area contributed by atoms with Crippen LogP contribution in [0.4, 0.5) is 0 Å². The molecule has 0 radical (unpaired) electrons. The minimum Gasteiger partial charge on any atom is -0.478 e. The second-order valence-electron chi connectivity index (χ2n) is 23.2.